The number of hydrogen-bond acceptors (Lipinski definition) is 3. The summed E-state index contributed by atoms with van der Waals surface area (Å²) < 4.78 is 17.7. The van der Waals surface area contributed by atoms with Crippen molar-refractivity contribution in [3.63, 3.8) is 0 Å². The quantitative estimate of drug-likeness (QED) is 0.822. The zero-order valence-corrected chi connectivity index (χ0v) is 10.9. The van der Waals surface area contributed by atoms with E-state index in [-0.39, 0.29) is 24.8 Å². The molecular weight excluding hydrogens is 235 g/mol. The molecule has 3 nitrogen and oxygen atoms in total. The average molecular weight is 254 g/mol. The largest absolute Gasteiger partial charge is 0.466 e. The van der Waals surface area contributed by atoms with E-state index in [0.717, 1.165) is 0 Å². The van der Waals surface area contributed by atoms with Crippen LogP contribution in [0, 0.1) is 11.7 Å². The van der Waals surface area contributed by atoms with Gasteiger partial charge in [-0.3, -0.25) is 4.79 Å². The van der Waals surface area contributed by atoms with E-state index in [0.29, 0.717) is 5.56 Å². The molecule has 0 aliphatic heterocycles. The summed E-state index contributed by atoms with van der Waals surface area (Å²) in [6.45, 7) is 5.60. The molecule has 1 rings (SSSR count). The Hall–Kier alpha value is -1.42. The van der Waals surface area contributed by atoms with E-state index in [1.54, 1.807) is 6.92 Å². The van der Waals surface area contributed by atoms with Gasteiger partial charge in [0, 0.05) is 0 Å². The molecule has 1 atom stereocenters. The third kappa shape index (κ3) is 3.29. The number of esters is 1. The Kier molecular flexibility index (Phi) is 4.84. The van der Waals surface area contributed by atoms with Gasteiger partial charge in [-0.2, -0.15) is 0 Å². The lowest BCUT2D eigenvalue weighted by molar-refractivity contribution is -0.151. The van der Waals surface area contributed by atoms with Crippen molar-refractivity contribution in [2.45, 2.75) is 32.8 Å². The van der Waals surface area contributed by atoms with E-state index in [4.69, 9.17) is 4.74 Å². The SMILES string of the molecule is CCOC(=O)CC(O)(c1ccc(F)cc1)C(C)C. The maximum absolute atomic E-state index is 12.9. The van der Waals surface area contributed by atoms with Crippen molar-refractivity contribution in [3.8, 4) is 0 Å². The van der Waals surface area contributed by atoms with Gasteiger partial charge < -0.3 is 9.84 Å². The van der Waals surface area contributed by atoms with Crippen molar-refractivity contribution in [1.29, 1.82) is 0 Å². The van der Waals surface area contributed by atoms with E-state index in [1.165, 1.54) is 24.3 Å². The molecule has 1 aromatic rings. The number of benzene rings is 1. The molecule has 100 valence electrons. The molecule has 0 radical (unpaired) electrons. The topological polar surface area (TPSA) is 46.5 Å². The second-order valence-corrected chi connectivity index (χ2v) is 4.57. The van der Waals surface area contributed by atoms with Crippen molar-refractivity contribution >= 4 is 5.97 Å². The highest BCUT2D eigenvalue weighted by molar-refractivity contribution is 5.71. The predicted octanol–water partition coefficient (Wildman–Crippen LogP) is 2.62. The normalized spacial score (nSPS) is 14.3. The number of ether oxygens (including phenoxy) is 1. The van der Waals surface area contributed by atoms with Crippen LogP contribution in [0.2, 0.25) is 0 Å². The third-order valence-electron chi connectivity index (χ3n) is 3.02. The van der Waals surface area contributed by atoms with Crippen LogP contribution < -0.4 is 0 Å². The fourth-order valence-corrected chi connectivity index (χ4v) is 1.81. The van der Waals surface area contributed by atoms with Crippen LogP contribution in [0.15, 0.2) is 24.3 Å². The fourth-order valence-electron chi connectivity index (χ4n) is 1.81. The van der Waals surface area contributed by atoms with E-state index in [2.05, 4.69) is 0 Å². The maximum Gasteiger partial charge on any atom is 0.309 e. The van der Waals surface area contributed by atoms with Crippen LogP contribution in [-0.4, -0.2) is 17.7 Å². The van der Waals surface area contributed by atoms with E-state index in [9.17, 15) is 14.3 Å². The molecule has 0 bridgehead atoms. The molecule has 0 saturated heterocycles. The van der Waals surface area contributed by atoms with Gasteiger partial charge in [-0.05, 0) is 30.5 Å². The number of hydrogen-bond donors (Lipinski definition) is 1. The Bertz CT molecular complexity index is 400. The van der Waals surface area contributed by atoms with E-state index >= 15 is 0 Å². The lowest BCUT2D eigenvalue weighted by Crippen LogP contribution is -2.35. The second-order valence-electron chi connectivity index (χ2n) is 4.57. The molecule has 0 spiro atoms. The molecular formula is C14H19FO3. The van der Waals surface area contributed by atoms with Gasteiger partial charge in [0.2, 0.25) is 0 Å². The summed E-state index contributed by atoms with van der Waals surface area (Å²) in [5.74, 6) is -1.02. The Morgan fingerprint density at radius 1 is 1.39 bits per heavy atom. The van der Waals surface area contributed by atoms with E-state index in [1.807, 2.05) is 13.8 Å². The van der Waals surface area contributed by atoms with Gasteiger partial charge in [0.05, 0.1) is 13.0 Å². The minimum absolute atomic E-state index is 0.135. The average Bonchev–Trinajstić information content (AvgIpc) is 2.29. The number of carbonyl (C=O) groups is 1. The minimum Gasteiger partial charge on any atom is -0.466 e. The van der Waals surface area contributed by atoms with Gasteiger partial charge >= 0.3 is 5.97 Å². The van der Waals surface area contributed by atoms with Crippen LogP contribution in [0.4, 0.5) is 4.39 Å². The number of carbonyl (C=O) groups excluding carboxylic acids is 1. The highest BCUT2D eigenvalue weighted by Gasteiger charge is 2.36. The lowest BCUT2D eigenvalue weighted by atomic mass is 9.81. The van der Waals surface area contributed by atoms with Crippen molar-refractivity contribution < 1.29 is 19.0 Å². The predicted molar refractivity (Wildman–Crippen MR) is 66.4 cm³/mol. The van der Waals surface area contributed by atoms with Crippen molar-refractivity contribution in [3.05, 3.63) is 35.6 Å². The van der Waals surface area contributed by atoms with Gasteiger partial charge in [-0.15, -0.1) is 0 Å². The van der Waals surface area contributed by atoms with Gasteiger partial charge in [0.25, 0.3) is 0 Å². The van der Waals surface area contributed by atoms with Gasteiger partial charge in [-0.1, -0.05) is 26.0 Å². The molecule has 1 N–H and O–H groups in total. The molecule has 4 heteroatoms. The van der Waals surface area contributed by atoms with Crippen molar-refractivity contribution in [2.75, 3.05) is 6.61 Å². The molecule has 1 aromatic carbocycles. The zero-order chi connectivity index (χ0) is 13.8. The highest BCUT2D eigenvalue weighted by Crippen LogP contribution is 2.33. The van der Waals surface area contributed by atoms with Crippen LogP contribution in [0.25, 0.3) is 0 Å². The monoisotopic (exact) mass is 254 g/mol. The van der Waals surface area contributed by atoms with Gasteiger partial charge in [0.15, 0.2) is 0 Å². The maximum atomic E-state index is 12.9. The zero-order valence-electron chi connectivity index (χ0n) is 10.9. The molecule has 0 aliphatic rings. The summed E-state index contributed by atoms with van der Waals surface area (Å²) in [7, 11) is 0. The molecule has 0 fully saturated rings. The van der Waals surface area contributed by atoms with Crippen molar-refractivity contribution in [1.82, 2.24) is 0 Å². The van der Waals surface area contributed by atoms with Gasteiger partial charge in [-0.25, -0.2) is 4.39 Å². The first-order chi connectivity index (χ1) is 8.40. The summed E-state index contributed by atoms with van der Waals surface area (Å²) in [5.41, 5.74) is -0.813. The molecule has 0 saturated carbocycles. The summed E-state index contributed by atoms with van der Waals surface area (Å²) in [6.07, 6.45) is -0.135. The van der Waals surface area contributed by atoms with Crippen molar-refractivity contribution in [2.24, 2.45) is 5.92 Å². The highest BCUT2D eigenvalue weighted by atomic mass is 19.1. The summed E-state index contributed by atoms with van der Waals surface area (Å²) >= 11 is 0. The van der Waals surface area contributed by atoms with Crippen LogP contribution in [0.5, 0.6) is 0 Å². The first kappa shape index (κ1) is 14.6. The number of aliphatic hydroxyl groups is 1. The standard InChI is InChI=1S/C14H19FO3/c1-4-18-13(16)9-14(17,10(2)3)11-5-7-12(15)8-6-11/h5-8,10,17H,4,9H2,1-3H3. The smallest absolute Gasteiger partial charge is 0.309 e. The first-order valence-electron chi connectivity index (χ1n) is 6.04. The van der Waals surface area contributed by atoms with Crippen LogP contribution in [0.1, 0.15) is 32.8 Å². The number of rotatable bonds is 5. The number of halogens is 1. The fraction of sp³-hybridized carbons (Fsp3) is 0.500. The molecule has 0 aliphatic carbocycles. The Morgan fingerprint density at radius 3 is 2.39 bits per heavy atom. The van der Waals surface area contributed by atoms with Crippen LogP contribution in [0.3, 0.4) is 0 Å². The Morgan fingerprint density at radius 2 is 1.94 bits per heavy atom. The van der Waals surface area contributed by atoms with E-state index < -0.39 is 11.6 Å². The van der Waals surface area contributed by atoms with Gasteiger partial charge in [0.1, 0.15) is 11.4 Å². The Labute approximate surface area is 107 Å². The molecule has 0 heterocycles. The molecule has 0 aromatic heterocycles. The minimum atomic E-state index is -1.33. The summed E-state index contributed by atoms with van der Waals surface area (Å²) in [6, 6.07) is 5.53. The molecule has 18 heavy (non-hydrogen) atoms. The Balaban J connectivity index is 2.99. The second kappa shape index (κ2) is 5.96. The third-order valence-corrected chi connectivity index (χ3v) is 3.02. The van der Waals surface area contributed by atoms with Crippen LogP contribution in [-0.2, 0) is 15.1 Å². The first-order valence-corrected chi connectivity index (χ1v) is 6.04. The van der Waals surface area contributed by atoms with Crippen LogP contribution >= 0.6 is 0 Å². The summed E-state index contributed by atoms with van der Waals surface area (Å²) in [5, 5.41) is 10.6. The lowest BCUT2D eigenvalue weighted by Gasteiger charge is -2.31. The molecule has 1 unspecified atom stereocenters. The summed E-state index contributed by atoms with van der Waals surface area (Å²) in [4.78, 5) is 11.5. The molecule has 0 amide bonds.